The van der Waals surface area contributed by atoms with Gasteiger partial charge in [0.25, 0.3) is 0 Å². The first-order chi connectivity index (χ1) is 20.4. The summed E-state index contributed by atoms with van der Waals surface area (Å²) in [4.78, 5) is 40.4. The summed E-state index contributed by atoms with van der Waals surface area (Å²) in [6.07, 6.45) is 1.71. The number of carbonyl (C=O) groups is 3. The fraction of sp³-hybridized carbons (Fsp3) is 0.382. The molecular formula is C34H37N3O5. The largest absolute Gasteiger partial charge is 0.481 e. The van der Waals surface area contributed by atoms with Crippen molar-refractivity contribution in [2.75, 3.05) is 19.7 Å². The van der Waals surface area contributed by atoms with Crippen LogP contribution in [0.5, 0.6) is 0 Å². The Balaban J connectivity index is 1.12. The van der Waals surface area contributed by atoms with Crippen molar-refractivity contribution in [2.24, 2.45) is 5.92 Å². The predicted molar refractivity (Wildman–Crippen MR) is 159 cm³/mol. The lowest BCUT2D eigenvalue weighted by Crippen LogP contribution is -2.65. The zero-order chi connectivity index (χ0) is 29.1. The van der Waals surface area contributed by atoms with E-state index >= 15 is 0 Å². The molecule has 0 spiro atoms. The molecule has 42 heavy (non-hydrogen) atoms. The molecule has 1 saturated heterocycles. The Morgan fingerprint density at radius 1 is 0.857 bits per heavy atom. The molecule has 6 rings (SSSR count). The minimum absolute atomic E-state index is 0.0678. The standard InChI is InChI=1S/C34H37N3O5/c38-31(39)20-24-18-25(19-24)35-32(40)34(14-16-37(17-15-34)21-23-8-2-1-3-9-23)36-33(41)42-22-30-28-12-6-4-10-26(28)27-11-5-7-13-29(27)30/h1-13,24-25,30H,14-22H2,(H,35,40)(H,36,41)(H,38,39). The summed E-state index contributed by atoms with van der Waals surface area (Å²) < 4.78 is 5.84. The van der Waals surface area contributed by atoms with Crippen LogP contribution in [0.25, 0.3) is 11.1 Å². The molecule has 0 atom stereocenters. The van der Waals surface area contributed by atoms with Gasteiger partial charge < -0.3 is 20.5 Å². The van der Waals surface area contributed by atoms with Crippen LogP contribution in [0, 0.1) is 5.92 Å². The summed E-state index contributed by atoms with van der Waals surface area (Å²) >= 11 is 0. The quantitative estimate of drug-likeness (QED) is 0.339. The second-order valence-electron chi connectivity index (χ2n) is 11.9. The molecular weight excluding hydrogens is 530 g/mol. The van der Waals surface area contributed by atoms with Crippen LogP contribution in [0.4, 0.5) is 4.79 Å². The number of fused-ring (bicyclic) bond motifs is 3. The molecule has 1 heterocycles. The van der Waals surface area contributed by atoms with Crippen LogP contribution in [0.15, 0.2) is 78.9 Å². The lowest BCUT2D eigenvalue weighted by molar-refractivity contribution is -0.139. The topological polar surface area (TPSA) is 108 Å². The number of carbonyl (C=O) groups excluding carboxylic acids is 2. The van der Waals surface area contributed by atoms with E-state index in [1.165, 1.54) is 5.56 Å². The maximum atomic E-state index is 13.7. The predicted octanol–water partition coefficient (Wildman–Crippen LogP) is 4.93. The van der Waals surface area contributed by atoms with Crippen molar-refractivity contribution in [1.29, 1.82) is 0 Å². The molecule has 3 aromatic carbocycles. The van der Waals surface area contributed by atoms with Gasteiger partial charge in [0.1, 0.15) is 12.1 Å². The molecule has 3 N–H and O–H groups in total. The molecule has 0 unspecified atom stereocenters. The Labute approximate surface area is 246 Å². The van der Waals surface area contributed by atoms with Gasteiger partial charge in [-0.3, -0.25) is 14.5 Å². The molecule has 2 amide bonds. The van der Waals surface area contributed by atoms with Gasteiger partial charge in [-0.05, 0) is 59.4 Å². The number of hydrogen-bond donors (Lipinski definition) is 3. The van der Waals surface area contributed by atoms with E-state index in [1.807, 2.05) is 42.5 Å². The van der Waals surface area contributed by atoms with Crippen LogP contribution in [-0.2, 0) is 20.9 Å². The average molecular weight is 568 g/mol. The molecule has 8 nitrogen and oxygen atoms in total. The maximum Gasteiger partial charge on any atom is 0.408 e. The van der Waals surface area contributed by atoms with Gasteiger partial charge >= 0.3 is 12.1 Å². The van der Waals surface area contributed by atoms with Gasteiger partial charge in [-0.2, -0.15) is 0 Å². The Morgan fingerprint density at radius 3 is 2.07 bits per heavy atom. The zero-order valence-corrected chi connectivity index (χ0v) is 23.6. The molecule has 3 aliphatic rings. The van der Waals surface area contributed by atoms with Gasteiger partial charge in [0.2, 0.25) is 5.91 Å². The lowest BCUT2D eigenvalue weighted by atomic mass is 9.77. The van der Waals surface area contributed by atoms with Crippen LogP contribution >= 0.6 is 0 Å². The number of rotatable bonds is 9. The van der Waals surface area contributed by atoms with Gasteiger partial charge in [0, 0.05) is 38.0 Å². The van der Waals surface area contributed by atoms with E-state index in [0.29, 0.717) is 38.8 Å². The highest BCUT2D eigenvalue weighted by Gasteiger charge is 2.45. The summed E-state index contributed by atoms with van der Waals surface area (Å²) in [6.45, 7) is 2.26. The normalized spacial score (nSPS) is 21.0. The number of hydrogen-bond acceptors (Lipinski definition) is 5. The number of alkyl carbamates (subject to hydrolysis) is 1. The third-order valence-corrected chi connectivity index (χ3v) is 9.11. The number of likely N-dealkylation sites (tertiary alicyclic amines) is 1. The minimum atomic E-state index is -1.09. The lowest BCUT2D eigenvalue weighted by Gasteiger charge is -2.43. The molecule has 0 aromatic heterocycles. The summed E-state index contributed by atoms with van der Waals surface area (Å²) in [7, 11) is 0. The SMILES string of the molecule is O=C(O)CC1CC(NC(=O)C2(NC(=O)OCC3c4ccccc4-c4ccccc43)CCN(Cc3ccccc3)CC2)C1. The number of amides is 2. The minimum Gasteiger partial charge on any atom is -0.481 e. The highest BCUT2D eigenvalue weighted by Crippen LogP contribution is 2.44. The first kappa shape index (κ1) is 28.0. The van der Waals surface area contributed by atoms with Crippen LogP contribution in [-0.4, -0.2) is 59.3 Å². The third kappa shape index (κ3) is 5.90. The first-order valence-electron chi connectivity index (χ1n) is 14.8. The molecule has 8 heteroatoms. The number of benzene rings is 3. The number of ether oxygens (including phenoxy) is 1. The molecule has 3 aromatic rings. The van der Waals surface area contributed by atoms with E-state index in [-0.39, 0.29) is 36.8 Å². The van der Waals surface area contributed by atoms with Crippen molar-refractivity contribution >= 4 is 18.0 Å². The van der Waals surface area contributed by atoms with E-state index in [2.05, 4.69) is 51.9 Å². The molecule has 0 radical (unpaired) electrons. The summed E-state index contributed by atoms with van der Waals surface area (Å²) in [5.74, 6) is -1.02. The van der Waals surface area contributed by atoms with Crippen LogP contribution in [0.3, 0.4) is 0 Å². The smallest absolute Gasteiger partial charge is 0.408 e. The van der Waals surface area contributed by atoms with Crippen molar-refractivity contribution in [2.45, 2.75) is 56.1 Å². The van der Waals surface area contributed by atoms with Gasteiger partial charge in [0.15, 0.2) is 0 Å². The third-order valence-electron chi connectivity index (χ3n) is 9.11. The monoisotopic (exact) mass is 567 g/mol. The molecule has 218 valence electrons. The molecule has 0 bridgehead atoms. The van der Waals surface area contributed by atoms with Crippen molar-refractivity contribution < 1.29 is 24.2 Å². The second kappa shape index (κ2) is 12.0. The molecule has 1 aliphatic heterocycles. The summed E-state index contributed by atoms with van der Waals surface area (Å²) in [6, 6.07) is 26.5. The molecule has 2 fully saturated rings. The second-order valence-corrected chi connectivity index (χ2v) is 11.9. The highest BCUT2D eigenvalue weighted by molar-refractivity contribution is 5.90. The summed E-state index contributed by atoms with van der Waals surface area (Å²) in [5, 5.41) is 15.2. The number of piperidine rings is 1. The number of nitrogens with one attached hydrogen (secondary N) is 2. The maximum absolute atomic E-state index is 13.7. The van der Waals surface area contributed by atoms with Gasteiger partial charge in [-0.25, -0.2) is 4.79 Å². The van der Waals surface area contributed by atoms with E-state index in [0.717, 1.165) is 28.8 Å². The van der Waals surface area contributed by atoms with Gasteiger partial charge in [-0.15, -0.1) is 0 Å². The van der Waals surface area contributed by atoms with E-state index in [4.69, 9.17) is 9.84 Å². The van der Waals surface area contributed by atoms with E-state index in [9.17, 15) is 14.4 Å². The van der Waals surface area contributed by atoms with E-state index < -0.39 is 17.6 Å². The Kier molecular flexibility index (Phi) is 7.98. The van der Waals surface area contributed by atoms with Crippen LogP contribution in [0.1, 0.15) is 54.7 Å². The fourth-order valence-electron chi connectivity index (χ4n) is 6.76. The average Bonchev–Trinajstić information content (AvgIpc) is 3.30. The zero-order valence-electron chi connectivity index (χ0n) is 23.6. The highest BCUT2D eigenvalue weighted by atomic mass is 16.5. The molecule has 2 aliphatic carbocycles. The number of aliphatic carboxylic acids is 1. The van der Waals surface area contributed by atoms with Crippen molar-refractivity contribution in [3.63, 3.8) is 0 Å². The Hall–Kier alpha value is -4.17. The first-order valence-corrected chi connectivity index (χ1v) is 14.8. The van der Waals surface area contributed by atoms with Crippen LogP contribution < -0.4 is 10.6 Å². The number of carboxylic acids is 1. The van der Waals surface area contributed by atoms with Crippen LogP contribution in [0.2, 0.25) is 0 Å². The number of nitrogens with zero attached hydrogens (tertiary/aromatic N) is 1. The fourth-order valence-corrected chi connectivity index (χ4v) is 6.76. The van der Waals surface area contributed by atoms with E-state index in [1.54, 1.807) is 0 Å². The Bertz CT molecular complexity index is 1400. The van der Waals surface area contributed by atoms with Crippen molar-refractivity contribution in [3.8, 4) is 11.1 Å². The summed E-state index contributed by atoms with van der Waals surface area (Å²) in [5.41, 5.74) is 4.70. The van der Waals surface area contributed by atoms with Crippen molar-refractivity contribution in [3.05, 3.63) is 95.6 Å². The number of carboxylic acid groups (broad SMARTS) is 1. The molecule has 1 saturated carbocycles. The van der Waals surface area contributed by atoms with Gasteiger partial charge in [0.05, 0.1) is 0 Å². The van der Waals surface area contributed by atoms with Crippen molar-refractivity contribution in [1.82, 2.24) is 15.5 Å². The van der Waals surface area contributed by atoms with Gasteiger partial charge in [-0.1, -0.05) is 78.9 Å². The Morgan fingerprint density at radius 2 is 1.45 bits per heavy atom.